The molecule has 48 heavy (non-hydrogen) atoms. The fourth-order valence-corrected chi connectivity index (χ4v) is 6.90. The number of hydrogen-bond acceptors (Lipinski definition) is 4. The molecule has 0 saturated heterocycles. The minimum atomic E-state index is 0.0884. The van der Waals surface area contributed by atoms with Gasteiger partial charge in [0.05, 0.1) is 26.4 Å². The lowest BCUT2D eigenvalue weighted by atomic mass is 10.1. The summed E-state index contributed by atoms with van der Waals surface area (Å²) in [5.74, 6) is 0. The predicted molar refractivity (Wildman–Crippen MR) is 197 cm³/mol. The van der Waals surface area contributed by atoms with Crippen molar-refractivity contribution in [3.05, 3.63) is 24.8 Å². The lowest BCUT2D eigenvalue weighted by molar-refractivity contribution is -0.677. The first-order valence-electron chi connectivity index (χ1n) is 20.0. The van der Waals surface area contributed by atoms with Crippen molar-refractivity contribution in [2.75, 3.05) is 39.6 Å². The number of rotatable bonds is 32. The van der Waals surface area contributed by atoms with E-state index in [0.29, 0.717) is 26.3 Å². The average Bonchev–Trinajstić information content (AvgIpc) is 3.61. The van der Waals surface area contributed by atoms with Crippen molar-refractivity contribution in [2.24, 2.45) is 0 Å². The molecule has 2 heterocycles. The van der Waals surface area contributed by atoms with Gasteiger partial charge in [-0.25, -0.2) is 18.3 Å². The van der Waals surface area contributed by atoms with Gasteiger partial charge in [-0.15, -0.1) is 0 Å². The summed E-state index contributed by atoms with van der Waals surface area (Å²) in [6, 6.07) is 4.47. The Kier molecular flexibility index (Phi) is 21.8. The second-order valence-corrected chi connectivity index (χ2v) is 13.9. The molecule has 1 aromatic carbocycles. The highest BCUT2D eigenvalue weighted by atomic mass is 16.5. The van der Waals surface area contributed by atoms with Crippen LogP contribution in [0.2, 0.25) is 0 Å². The number of fused-ring (bicyclic) bond motifs is 2. The topological polar surface area (TPSA) is 76.5 Å². The summed E-state index contributed by atoms with van der Waals surface area (Å²) in [7, 11) is 0. The van der Waals surface area contributed by atoms with E-state index in [1.165, 1.54) is 116 Å². The van der Waals surface area contributed by atoms with Gasteiger partial charge in [-0.05, 0) is 12.8 Å². The standard InChI is InChI=1S/C40H72N4O4/c1-3-5-7-9-11-13-15-17-19-21-29-47-31-25-43-35-41(23-27-45)37-33-38-40(34-39(37)43)44(36-42(38)24-28-46)26-32-48-30-22-20-18-16-14-12-10-8-6-4-2/h33-36,45-46H,3-32H2,1-2H3/q+2. The molecule has 274 valence electrons. The second kappa shape index (κ2) is 25.9. The smallest absolute Gasteiger partial charge is 0.244 e. The van der Waals surface area contributed by atoms with E-state index >= 15 is 0 Å². The van der Waals surface area contributed by atoms with Crippen LogP contribution in [0, 0.1) is 0 Å². The molecule has 0 aliphatic rings. The fourth-order valence-electron chi connectivity index (χ4n) is 6.90. The molecule has 8 heteroatoms. The van der Waals surface area contributed by atoms with E-state index in [2.05, 4.69) is 56.9 Å². The zero-order chi connectivity index (χ0) is 34.1. The van der Waals surface area contributed by atoms with Crippen LogP contribution in [-0.2, 0) is 35.7 Å². The highest BCUT2D eigenvalue weighted by Crippen LogP contribution is 2.21. The van der Waals surface area contributed by atoms with Crippen molar-refractivity contribution < 1.29 is 28.8 Å². The minimum absolute atomic E-state index is 0.0884. The Morgan fingerprint density at radius 1 is 0.479 bits per heavy atom. The number of nitrogens with zero attached hydrogens (tertiary/aromatic N) is 4. The van der Waals surface area contributed by atoms with E-state index in [-0.39, 0.29) is 13.2 Å². The van der Waals surface area contributed by atoms with Gasteiger partial charge in [-0.1, -0.05) is 129 Å². The zero-order valence-electron chi connectivity index (χ0n) is 31.0. The van der Waals surface area contributed by atoms with Crippen LogP contribution in [0.15, 0.2) is 24.8 Å². The molecule has 2 N–H and O–H groups in total. The van der Waals surface area contributed by atoms with E-state index in [1.54, 1.807) is 0 Å². The van der Waals surface area contributed by atoms with Crippen molar-refractivity contribution in [3.63, 3.8) is 0 Å². The molecule has 0 fully saturated rings. The highest BCUT2D eigenvalue weighted by Gasteiger charge is 2.23. The molecule has 2 aromatic heterocycles. The van der Waals surface area contributed by atoms with E-state index in [4.69, 9.17) is 9.47 Å². The Balaban J connectivity index is 1.46. The predicted octanol–water partition coefficient (Wildman–Crippen LogP) is 8.03. The van der Waals surface area contributed by atoms with Crippen LogP contribution < -0.4 is 9.13 Å². The normalized spacial score (nSPS) is 11.9. The van der Waals surface area contributed by atoms with Gasteiger partial charge in [0.25, 0.3) is 0 Å². The third kappa shape index (κ3) is 14.9. The third-order valence-electron chi connectivity index (χ3n) is 9.79. The molecular formula is C40H72N4O4+2. The Morgan fingerprint density at radius 3 is 1.19 bits per heavy atom. The Labute approximate surface area is 292 Å². The van der Waals surface area contributed by atoms with Gasteiger partial charge in [0.2, 0.25) is 12.7 Å². The average molecular weight is 673 g/mol. The van der Waals surface area contributed by atoms with Crippen LogP contribution in [0.4, 0.5) is 0 Å². The van der Waals surface area contributed by atoms with Crippen LogP contribution in [0.3, 0.4) is 0 Å². The molecule has 0 amide bonds. The maximum Gasteiger partial charge on any atom is 0.244 e. The molecule has 3 rings (SSSR count). The van der Waals surface area contributed by atoms with E-state index in [9.17, 15) is 10.2 Å². The Hall–Kier alpha value is -2.00. The molecule has 8 nitrogen and oxygen atoms in total. The molecule has 0 saturated carbocycles. The van der Waals surface area contributed by atoms with Gasteiger partial charge >= 0.3 is 0 Å². The summed E-state index contributed by atoms with van der Waals surface area (Å²) < 4.78 is 20.9. The highest BCUT2D eigenvalue weighted by molar-refractivity contribution is 5.88. The van der Waals surface area contributed by atoms with Gasteiger partial charge in [-0.2, -0.15) is 0 Å². The van der Waals surface area contributed by atoms with Gasteiger partial charge < -0.3 is 19.7 Å². The minimum Gasteiger partial charge on any atom is -0.392 e. The van der Waals surface area contributed by atoms with Gasteiger partial charge in [0.15, 0.2) is 22.1 Å². The van der Waals surface area contributed by atoms with Gasteiger partial charge in [-0.3, -0.25) is 0 Å². The number of hydrogen-bond donors (Lipinski definition) is 2. The molecule has 0 radical (unpaired) electrons. The number of aliphatic hydroxyl groups excluding tert-OH is 2. The van der Waals surface area contributed by atoms with Crippen molar-refractivity contribution in [1.82, 2.24) is 9.13 Å². The summed E-state index contributed by atoms with van der Waals surface area (Å²) >= 11 is 0. The van der Waals surface area contributed by atoms with Crippen molar-refractivity contribution in [1.29, 1.82) is 0 Å². The van der Waals surface area contributed by atoms with E-state index < -0.39 is 0 Å². The number of aliphatic hydroxyl groups is 2. The first kappa shape index (κ1) is 40.4. The lowest BCUT2D eigenvalue weighted by Gasteiger charge is -2.04. The molecular weight excluding hydrogens is 600 g/mol. The van der Waals surface area contributed by atoms with Crippen molar-refractivity contribution >= 4 is 22.1 Å². The first-order valence-corrected chi connectivity index (χ1v) is 20.0. The number of unbranched alkanes of at least 4 members (excludes halogenated alkanes) is 18. The van der Waals surface area contributed by atoms with Crippen LogP contribution in [0.5, 0.6) is 0 Å². The van der Waals surface area contributed by atoms with Crippen LogP contribution in [0.25, 0.3) is 22.1 Å². The van der Waals surface area contributed by atoms with Gasteiger partial charge in [0, 0.05) is 25.3 Å². The number of imidazole rings is 2. The third-order valence-corrected chi connectivity index (χ3v) is 9.79. The summed E-state index contributed by atoms with van der Waals surface area (Å²) in [6.45, 7) is 10.4. The second-order valence-electron chi connectivity index (χ2n) is 13.9. The molecule has 3 aromatic rings. The van der Waals surface area contributed by atoms with E-state index in [1.807, 2.05) is 0 Å². The summed E-state index contributed by atoms with van der Waals surface area (Å²) in [5, 5.41) is 19.6. The molecule has 0 unspecified atom stereocenters. The van der Waals surface area contributed by atoms with Crippen LogP contribution in [0.1, 0.15) is 142 Å². The largest absolute Gasteiger partial charge is 0.392 e. The fraction of sp³-hybridized carbons (Fsp3) is 0.800. The Morgan fingerprint density at radius 2 is 0.833 bits per heavy atom. The van der Waals surface area contributed by atoms with Gasteiger partial charge in [0.1, 0.15) is 26.2 Å². The number of ether oxygens (including phenoxy) is 2. The Bertz CT molecular complexity index is 1130. The summed E-state index contributed by atoms with van der Waals surface area (Å²) in [5.41, 5.74) is 4.46. The van der Waals surface area contributed by atoms with Crippen molar-refractivity contribution in [2.45, 2.75) is 168 Å². The maximum atomic E-state index is 9.78. The number of aromatic nitrogens is 4. The molecule has 0 bridgehead atoms. The zero-order valence-corrected chi connectivity index (χ0v) is 31.0. The summed E-state index contributed by atoms with van der Waals surface area (Å²) in [4.78, 5) is 0. The SMILES string of the molecule is CCCCCCCCCCCCOCCn1c[n+](CCO)c2cc3c(cc21)n(CCOCCCCCCCCCCCC)c[n+]3CCO. The van der Waals surface area contributed by atoms with E-state index in [0.717, 1.165) is 61.2 Å². The quantitative estimate of drug-likeness (QED) is 0.0520. The molecule has 0 atom stereocenters. The molecule has 0 aliphatic heterocycles. The van der Waals surface area contributed by atoms with Crippen LogP contribution >= 0.6 is 0 Å². The van der Waals surface area contributed by atoms with Crippen LogP contribution in [-0.4, -0.2) is 59.0 Å². The first-order chi connectivity index (χ1) is 23.7. The van der Waals surface area contributed by atoms with Crippen molar-refractivity contribution in [3.8, 4) is 0 Å². The molecule has 0 aliphatic carbocycles. The maximum absolute atomic E-state index is 9.78. The molecule has 0 spiro atoms. The lowest BCUT2D eigenvalue weighted by Crippen LogP contribution is -2.36. The summed E-state index contributed by atoms with van der Waals surface area (Å²) in [6.07, 6.45) is 30.9. The number of benzene rings is 1. The monoisotopic (exact) mass is 673 g/mol.